The van der Waals surface area contributed by atoms with E-state index >= 15 is 0 Å². The van der Waals surface area contributed by atoms with E-state index in [0.29, 0.717) is 18.9 Å². The molecule has 0 aliphatic heterocycles. The average Bonchev–Trinajstić information content (AvgIpc) is 2.51. The molecule has 1 heterocycles. The predicted molar refractivity (Wildman–Crippen MR) is 85.7 cm³/mol. The summed E-state index contributed by atoms with van der Waals surface area (Å²) in [5.41, 5.74) is 8.31. The second-order valence-electron chi connectivity index (χ2n) is 4.83. The molecular weight excluding hydrogens is 264 g/mol. The highest BCUT2D eigenvalue weighted by molar-refractivity contribution is 5.66. The fourth-order valence-electron chi connectivity index (χ4n) is 1.93. The molecule has 21 heavy (non-hydrogen) atoms. The molecule has 1 aromatic heterocycles. The normalized spacial score (nSPS) is 10.4. The molecule has 0 radical (unpaired) electrons. The molecule has 4 nitrogen and oxygen atoms in total. The van der Waals surface area contributed by atoms with Crippen LogP contribution in [0.3, 0.4) is 0 Å². The molecule has 1 aromatic carbocycles. The van der Waals surface area contributed by atoms with E-state index in [4.69, 9.17) is 15.2 Å². The quantitative estimate of drug-likeness (QED) is 0.838. The molecule has 0 aliphatic rings. The van der Waals surface area contributed by atoms with Crippen LogP contribution in [0.4, 0.5) is 5.69 Å². The van der Waals surface area contributed by atoms with Gasteiger partial charge in [0.25, 0.3) is 0 Å². The molecular formula is C17H22N2O2. The molecule has 0 saturated carbocycles. The highest BCUT2D eigenvalue weighted by atomic mass is 16.5. The molecule has 2 aromatic rings. The second-order valence-corrected chi connectivity index (χ2v) is 4.83. The van der Waals surface area contributed by atoms with Crippen molar-refractivity contribution in [1.82, 2.24) is 4.98 Å². The predicted octanol–water partition coefficient (Wildman–Crippen LogP) is 3.91. The van der Waals surface area contributed by atoms with E-state index in [1.165, 1.54) is 0 Å². The summed E-state index contributed by atoms with van der Waals surface area (Å²) in [4.78, 5) is 4.35. The van der Waals surface area contributed by atoms with E-state index in [1.54, 1.807) is 12.3 Å². The fraction of sp³-hybridized carbons (Fsp3) is 0.353. The van der Waals surface area contributed by atoms with Gasteiger partial charge in [-0.3, -0.25) is 4.98 Å². The van der Waals surface area contributed by atoms with Gasteiger partial charge in [-0.05, 0) is 43.2 Å². The summed E-state index contributed by atoms with van der Waals surface area (Å²) in [7, 11) is 0. The highest BCUT2D eigenvalue weighted by Gasteiger charge is 2.09. The lowest BCUT2D eigenvalue weighted by atomic mass is 10.1. The number of anilines is 1. The van der Waals surface area contributed by atoms with Gasteiger partial charge >= 0.3 is 0 Å². The molecule has 0 amide bonds. The number of benzene rings is 1. The first-order valence-corrected chi connectivity index (χ1v) is 7.36. The molecule has 2 N–H and O–H groups in total. The minimum atomic E-state index is 0.663. The Balaban J connectivity index is 2.31. The third kappa shape index (κ3) is 4.12. The number of rotatable bonds is 7. The van der Waals surface area contributed by atoms with Gasteiger partial charge in [-0.2, -0.15) is 0 Å². The van der Waals surface area contributed by atoms with Crippen molar-refractivity contribution in [3.8, 4) is 22.8 Å². The van der Waals surface area contributed by atoms with Crippen LogP contribution in [0.15, 0.2) is 36.5 Å². The van der Waals surface area contributed by atoms with Crippen molar-refractivity contribution < 1.29 is 9.47 Å². The van der Waals surface area contributed by atoms with Crippen LogP contribution in [0.5, 0.6) is 11.5 Å². The molecule has 0 spiro atoms. The van der Waals surface area contributed by atoms with E-state index in [9.17, 15) is 0 Å². The largest absolute Gasteiger partial charge is 0.490 e. The number of nitrogen functional groups attached to an aromatic ring is 1. The van der Waals surface area contributed by atoms with Crippen LogP contribution in [-0.2, 0) is 0 Å². The summed E-state index contributed by atoms with van der Waals surface area (Å²) >= 11 is 0. The fourth-order valence-corrected chi connectivity index (χ4v) is 1.93. The van der Waals surface area contributed by atoms with Crippen molar-refractivity contribution in [2.75, 3.05) is 18.9 Å². The summed E-state index contributed by atoms with van der Waals surface area (Å²) < 4.78 is 11.5. The zero-order valence-corrected chi connectivity index (χ0v) is 12.6. The monoisotopic (exact) mass is 286 g/mol. The van der Waals surface area contributed by atoms with Gasteiger partial charge in [-0.1, -0.05) is 13.8 Å². The molecule has 4 heteroatoms. The number of hydrogen-bond acceptors (Lipinski definition) is 4. The molecule has 0 saturated heterocycles. The number of nitrogens with two attached hydrogens (primary N) is 1. The van der Waals surface area contributed by atoms with Gasteiger partial charge in [-0.25, -0.2) is 0 Å². The number of aromatic nitrogens is 1. The van der Waals surface area contributed by atoms with E-state index < -0.39 is 0 Å². The minimum absolute atomic E-state index is 0.663. The topological polar surface area (TPSA) is 57.4 Å². The number of ether oxygens (including phenoxy) is 2. The van der Waals surface area contributed by atoms with Gasteiger partial charge in [0.15, 0.2) is 11.5 Å². The molecule has 112 valence electrons. The highest BCUT2D eigenvalue weighted by Crippen LogP contribution is 2.32. The molecule has 2 rings (SSSR count). The van der Waals surface area contributed by atoms with Crippen LogP contribution in [0.25, 0.3) is 11.3 Å². The maximum absolute atomic E-state index is 5.81. The Bertz CT molecular complexity index is 585. The third-order valence-electron chi connectivity index (χ3n) is 2.95. The minimum Gasteiger partial charge on any atom is -0.490 e. The van der Waals surface area contributed by atoms with Gasteiger partial charge in [0, 0.05) is 17.4 Å². The maximum Gasteiger partial charge on any atom is 0.161 e. The standard InChI is InChI=1S/C17H22N2O2/c1-3-9-20-16-6-5-13(11-17(16)21-10-4-2)15-12-14(18)7-8-19-15/h5-8,11-12H,3-4,9-10H2,1-2H3,(H2,18,19). The Morgan fingerprint density at radius 3 is 2.33 bits per heavy atom. The second kappa shape index (κ2) is 7.53. The number of pyridine rings is 1. The Hall–Kier alpha value is -2.23. The zero-order valence-electron chi connectivity index (χ0n) is 12.6. The lowest BCUT2D eigenvalue weighted by molar-refractivity contribution is 0.268. The van der Waals surface area contributed by atoms with E-state index in [2.05, 4.69) is 18.8 Å². The van der Waals surface area contributed by atoms with Crippen LogP contribution < -0.4 is 15.2 Å². The third-order valence-corrected chi connectivity index (χ3v) is 2.95. The van der Waals surface area contributed by atoms with Crippen molar-refractivity contribution >= 4 is 5.69 Å². The van der Waals surface area contributed by atoms with Crippen LogP contribution in [0, 0.1) is 0 Å². The van der Waals surface area contributed by atoms with Crippen molar-refractivity contribution in [2.24, 2.45) is 0 Å². The molecule has 0 unspecified atom stereocenters. The number of hydrogen-bond donors (Lipinski definition) is 1. The SMILES string of the molecule is CCCOc1ccc(-c2cc(N)ccn2)cc1OCCC. The van der Waals surface area contributed by atoms with Crippen LogP contribution in [0.1, 0.15) is 26.7 Å². The van der Waals surface area contributed by atoms with Crippen LogP contribution >= 0.6 is 0 Å². The van der Waals surface area contributed by atoms with E-state index in [0.717, 1.165) is 35.6 Å². The first kappa shape index (κ1) is 15.2. The summed E-state index contributed by atoms with van der Waals surface area (Å²) in [6, 6.07) is 9.50. The van der Waals surface area contributed by atoms with E-state index in [1.807, 2.05) is 24.3 Å². The molecule has 0 fully saturated rings. The smallest absolute Gasteiger partial charge is 0.161 e. The lowest BCUT2D eigenvalue weighted by Gasteiger charge is -2.13. The van der Waals surface area contributed by atoms with Gasteiger partial charge in [-0.15, -0.1) is 0 Å². The van der Waals surface area contributed by atoms with Gasteiger partial charge in [0.2, 0.25) is 0 Å². The maximum atomic E-state index is 5.81. The summed E-state index contributed by atoms with van der Waals surface area (Å²) in [5.74, 6) is 1.53. The molecule has 0 aliphatic carbocycles. The number of nitrogens with zero attached hydrogens (tertiary/aromatic N) is 1. The van der Waals surface area contributed by atoms with E-state index in [-0.39, 0.29) is 0 Å². The summed E-state index contributed by atoms with van der Waals surface area (Å²) in [6.45, 7) is 5.50. The van der Waals surface area contributed by atoms with Crippen molar-refractivity contribution in [3.63, 3.8) is 0 Å². The molecule has 0 atom stereocenters. The first-order chi connectivity index (χ1) is 10.2. The van der Waals surface area contributed by atoms with Crippen molar-refractivity contribution in [3.05, 3.63) is 36.5 Å². The van der Waals surface area contributed by atoms with Gasteiger partial charge in [0.1, 0.15) is 0 Å². The average molecular weight is 286 g/mol. The van der Waals surface area contributed by atoms with Crippen LogP contribution in [0.2, 0.25) is 0 Å². The Kier molecular flexibility index (Phi) is 5.43. The first-order valence-electron chi connectivity index (χ1n) is 7.36. The molecule has 0 bridgehead atoms. The lowest BCUT2D eigenvalue weighted by Crippen LogP contribution is -2.01. The van der Waals surface area contributed by atoms with Crippen molar-refractivity contribution in [2.45, 2.75) is 26.7 Å². The Morgan fingerprint density at radius 1 is 0.952 bits per heavy atom. The Morgan fingerprint density at radius 2 is 1.67 bits per heavy atom. The van der Waals surface area contributed by atoms with Gasteiger partial charge in [0.05, 0.1) is 18.9 Å². The van der Waals surface area contributed by atoms with Crippen molar-refractivity contribution in [1.29, 1.82) is 0 Å². The summed E-state index contributed by atoms with van der Waals surface area (Å²) in [6.07, 6.45) is 3.62. The zero-order chi connectivity index (χ0) is 15.1. The van der Waals surface area contributed by atoms with Crippen LogP contribution in [-0.4, -0.2) is 18.2 Å². The summed E-state index contributed by atoms with van der Waals surface area (Å²) in [5, 5.41) is 0. The van der Waals surface area contributed by atoms with Gasteiger partial charge < -0.3 is 15.2 Å². The Labute approximate surface area is 125 Å².